The topological polar surface area (TPSA) is 65.0 Å². The van der Waals surface area contributed by atoms with E-state index in [0.717, 1.165) is 43.5 Å². The average molecular weight is 378 g/mol. The lowest BCUT2D eigenvalue weighted by molar-refractivity contribution is -0.182. The van der Waals surface area contributed by atoms with Gasteiger partial charge in [0.2, 0.25) is 0 Å². The normalized spacial score (nSPS) is 37.9. The molecular formula is C23H26N2O3. The number of ether oxygens (including phenoxy) is 1. The van der Waals surface area contributed by atoms with Gasteiger partial charge in [-0.05, 0) is 63.0 Å². The maximum Gasteiger partial charge on any atom is 0.165 e. The maximum absolute atomic E-state index is 12.1. The predicted octanol–water partition coefficient (Wildman–Crippen LogP) is 2.66. The minimum absolute atomic E-state index is 0.0875. The Kier molecular flexibility index (Phi) is 3.23. The summed E-state index contributed by atoms with van der Waals surface area (Å²) in [6, 6.07) is 14.2. The molecule has 0 unspecified atom stereocenters. The molecule has 1 saturated carbocycles. The molecule has 2 aromatic carbocycles. The zero-order valence-electron chi connectivity index (χ0n) is 16.1. The van der Waals surface area contributed by atoms with E-state index in [4.69, 9.17) is 4.74 Å². The third kappa shape index (κ3) is 1.84. The molecule has 28 heavy (non-hydrogen) atoms. The van der Waals surface area contributed by atoms with Crippen molar-refractivity contribution in [1.29, 1.82) is 0 Å². The number of aromatic hydroxyl groups is 1. The Morgan fingerprint density at radius 3 is 2.79 bits per heavy atom. The lowest BCUT2D eigenvalue weighted by atomic mass is 9.48. The number of nitrogens with one attached hydrogen (secondary N) is 1. The summed E-state index contributed by atoms with van der Waals surface area (Å²) in [5, 5.41) is 26.4. The number of nitrogens with zero attached hydrogens (tertiary/aromatic N) is 1. The fourth-order valence-corrected chi connectivity index (χ4v) is 6.65. The first-order valence-electron chi connectivity index (χ1n) is 10.3. The Balaban J connectivity index is 1.52. The SMILES string of the molecule is CN1CC[C@]23c4c5ccc(O)c4O[C@H]2[C@H](Nc2ccccc2)CC[C@@]3(O)[C@H]1C5. The van der Waals surface area contributed by atoms with E-state index in [-0.39, 0.29) is 23.9 Å². The van der Waals surface area contributed by atoms with Crippen LogP contribution in [-0.4, -0.2) is 52.5 Å². The van der Waals surface area contributed by atoms with Crippen LogP contribution in [-0.2, 0) is 11.8 Å². The van der Waals surface area contributed by atoms with E-state index in [1.54, 1.807) is 6.07 Å². The number of piperidine rings is 1. The van der Waals surface area contributed by atoms with Crippen molar-refractivity contribution in [3.63, 3.8) is 0 Å². The van der Waals surface area contributed by atoms with Crippen molar-refractivity contribution in [3.05, 3.63) is 53.6 Å². The number of likely N-dealkylation sites (tertiary alicyclic amines) is 1. The van der Waals surface area contributed by atoms with Crippen molar-refractivity contribution >= 4 is 5.69 Å². The third-order valence-corrected chi connectivity index (χ3v) is 7.86. The van der Waals surface area contributed by atoms with Crippen molar-refractivity contribution in [1.82, 2.24) is 4.90 Å². The number of aliphatic hydroxyl groups is 1. The molecule has 146 valence electrons. The van der Waals surface area contributed by atoms with Gasteiger partial charge in [-0.15, -0.1) is 0 Å². The van der Waals surface area contributed by atoms with E-state index in [0.29, 0.717) is 5.75 Å². The van der Waals surface area contributed by atoms with Crippen molar-refractivity contribution < 1.29 is 14.9 Å². The van der Waals surface area contributed by atoms with Crippen LogP contribution in [0.4, 0.5) is 5.69 Å². The van der Waals surface area contributed by atoms with Crippen LogP contribution < -0.4 is 10.1 Å². The van der Waals surface area contributed by atoms with E-state index in [1.165, 1.54) is 5.56 Å². The summed E-state index contributed by atoms with van der Waals surface area (Å²) in [6.45, 7) is 0.930. The fraction of sp³-hybridized carbons (Fsp3) is 0.478. The van der Waals surface area contributed by atoms with Crippen molar-refractivity contribution in [2.45, 2.75) is 54.9 Å². The van der Waals surface area contributed by atoms with Gasteiger partial charge in [0.15, 0.2) is 11.5 Å². The number of hydrogen-bond donors (Lipinski definition) is 3. The molecule has 2 fully saturated rings. The molecule has 6 rings (SSSR count). The van der Waals surface area contributed by atoms with E-state index >= 15 is 0 Å². The highest BCUT2D eigenvalue weighted by atomic mass is 16.5. The summed E-state index contributed by atoms with van der Waals surface area (Å²) in [5.41, 5.74) is 2.07. The van der Waals surface area contributed by atoms with Crippen LogP contribution in [0.2, 0.25) is 0 Å². The van der Waals surface area contributed by atoms with E-state index in [2.05, 4.69) is 29.4 Å². The van der Waals surface area contributed by atoms with Crippen LogP contribution in [0, 0.1) is 0 Å². The molecule has 0 aromatic heterocycles. The number of phenols is 1. The van der Waals surface area contributed by atoms with Crippen molar-refractivity contribution in [2.24, 2.45) is 0 Å². The highest BCUT2D eigenvalue weighted by Gasteiger charge is 2.72. The van der Waals surface area contributed by atoms with Crippen LogP contribution in [0.15, 0.2) is 42.5 Å². The highest BCUT2D eigenvalue weighted by molar-refractivity contribution is 5.63. The van der Waals surface area contributed by atoms with Crippen LogP contribution in [0.25, 0.3) is 0 Å². The van der Waals surface area contributed by atoms with Gasteiger partial charge in [0.1, 0.15) is 6.10 Å². The zero-order chi connectivity index (χ0) is 19.1. The largest absolute Gasteiger partial charge is 0.504 e. The molecule has 5 atom stereocenters. The molecule has 4 aliphatic rings. The lowest BCUT2D eigenvalue weighted by Gasteiger charge is -2.63. The van der Waals surface area contributed by atoms with Gasteiger partial charge in [-0.25, -0.2) is 0 Å². The smallest absolute Gasteiger partial charge is 0.165 e. The Hall–Kier alpha value is -2.24. The summed E-state index contributed by atoms with van der Waals surface area (Å²) >= 11 is 0. The predicted molar refractivity (Wildman–Crippen MR) is 107 cm³/mol. The van der Waals surface area contributed by atoms with Gasteiger partial charge in [-0.2, -0.15) is 0 Å². The van der Waals surface area contributed by atoms with Gasteiger partial charge in [-0.3, -0.25) is 0 Å². The molecular weight excluding hydrogens is 352 g/mol. The summed E-state index contributed by atoms with van der Waals surface area (Å²) in [4.78, 5) is 2.32. The van der Waals surface area contributed by atoms with Gasteiger partial charge in [0.05, 0.1) is 17.1 Å². The first-order chi connectivity index (χ1) is 13.5. The van der Waals surface area contributed by atoms with Gasteiger partial charge in [-0.1, -0.05) is 24.3 Å². The third-order valence-electron chi connectivity index (χ3n) is 7.86. The number of phenolic OH excluding ortho intramolecular Hbond substituents is 1. The Labute approximate surface area is 164 Å². The summed E-state index contributed by atoms with van der Waals surface area (Å²) in [6.07, 6.45) is 3.04. The second kappa shape index (κ2) is 5.43. The minimum Gasteiger partial charge on any atom is -0.504 e. The van der Waals surface area contributed by atoms with Crippen LogP contribution in [0.3, 0.4) is 0 Å². The summed E-state index contributed by atoms with van der Waals surface area (Å²) in [7, 11) is 2.13. The molecule has 0 amide bonds. The van der Waals surface area contributed by atoms with E-state index in [9.17, 15) is 10.2 Å². The zero-order valence-corrected chi connectivity index (χ0v) is 16.1. The number of para-hydroxylation sites is 1. The summed E-state index contributed by atoms with van der Waals surface area (Å²) < 4.78 is 6.50. The molecule has 3 N–H and O–H groups in total. The molecule has 2 aliphatic carbocycles. The molecule has 2 heterocycles. The summed E-state index contributed by atoms with van der Waals surface area (Å²) in [5.74, 6) is 0.798. The van der Waals surface area contributed by atoms with Crippen molar-refractivity contribution in [2.75, 3.05) is 18.9 Å². The molecule has 1 spiro atoms. The van der Waals surface area contributed by atoms with Crippen molar-refractivity contribution in [3.8, 4) is 11.5 Å². The Bertz CT molecular complexity index is 948. The average Bonchev–Trinajstić information content (AvgIpc) is 3.05. The van der Waals surface area contributed by atoms with Gasteiger partial charge >= 0.3 is 0 Å². The number of likely N-dealkylation sites (N-methyl/N-ethyl adjacent to an activating group) is 1. The number of benzene rings is 2. The molecule has 2 aromatic rings. The van der Waals surface area contributed by atoms with E-state index < -0.39 is 11.0 Å². The molecule has 2 aliphatic heterocycles. The molecule has 5 nitrogen and oxygen atoms in total. The molecule has 0 radical (unpaired) electrons. The van der Waals surface area contributed by atoms with Crippen LogP contribution in [0.5, 0.6) is 11.5 Å². The lowest BCUT2D eigenvalue weighted by Crippen LogP contribution is -2.77. The first kappa shape index (κ1) is 16.7. The Morgan fingerprint density at radius 2 is 1.96 bits per heavy atom. The second-order valence-corrected chi connectivity index (χ2v) is 8.99. The fourth-order valence-electron chi connectivity index (χ4n) is 6.65. The van der Waals surface area contributed by atoms with Crippen LogP contribution in [0.1, 0.15) is 30.4 Å². The highest BCUT2D eigenvalue weighted by Crippen LogP contribution is 2.65. The van der Waals surface area contributed by atoms with E-state index in [1.807, 2.05) is 24.3 Å². The number of anilines is 1. The first-order valence-corrected chi connectivity index (χ1v) is 10.3. The molecule has 1 saturated heterocycles. The molecule has 5 heteroatoms. The minimum atomic E-state index is -0.828. The van der Waals surface area contributed by atoms with Gasteiger partial charge in [0.25, 0.3) is 0 Å². The standard InChI is InChI=1S/C23H26N2O3/c1-25-12-11-22-19-14-7-8-17(26)20(19)28-21(22)16(24-15-5-3-2-4-6-15)9-10-23(22,27)18(25)13-14/h2-8,16,18,21,24,26-27H,9-13H2,1H3/t16-,18-,21+,22+,23-/m1/s1. The maximum atomic E-state index is 12.1. The second-order valence-electron chi connectivity index (χ2n) is 8.99. The quantitative estimate of drug-likeness (QED) is 0.750. The molecule has 2 bridgehead atoms. The van der Waals surface area contributed by atoms with Crippen LogP contribution >= 0.6 is 0 Å². The van der Waals surface area contributed by atoms with Gasteiger partial charge < -0.3 is 25.2 Å². The number of hydrogen-bond acceptors (Lipinski definition) is 5. The number of rotatable bonds is 2. The van der Waals surface area contributed by atoms with Gasteiger partial charge in [0, 0.05) is 17.3 Å². The monoisotopic (exact) mass is 378 g/mol. The Morgan fingerprint density at radius 1 is 1.14 bits per heavy atom.